The quantitative estimate of drug-likeness (QED) is 0.535. The van der Waals surface area contributed by atoms with E-state index in [2.05, 4.69) is 28.3 Å². The molecule has 3 atom stereocenters. The number of imide groups is 1. The summed E-state index contributed by atoms with van der Waals surface area (Å²) >= 11 is 0. The standard InChI is InChI=1S/C25H29N5O4/c1-2-13-34-25(33)30(18-10-9-17-11-12-27-21(17)14-18)24(32)29-20-6-4-3-5-19(20)23(31)28-22(15-26)16-7-8-16/h2,9-12,14,16,19-20,22,27H,1,3-8,13H2,(H,28,31)(H,29,32)/t19-,20+,22-/m1/s1. The number of rotatable bonds is 7. The zero-order valence-electron chi connectivity index (χ0n) is 19.0. The first kappa shape index (κ1) is 23.4. The predicted molar refractivity (Wildman–Crippen MR) is 127 cm³/mol. The van der Waals surface area contributed by atoms with Gasteiger partial charge in [0.1, 0.15) is 12.6 Å². The van der Waals surface area contributed by atoms with E-state index >= 15 is 0 Å². The predicted octanol–water partition coefficient (Wildman–Crippen LogP) is 3.98. The van der Waals surface area contributed by atoms with Gasteiger partial charge in [0.15, 0.2) is 0 Å². The van der Waals surface area contributed by atoms with Crippen LogP contribution < -0.4 is 15.5 Å². The van der Waals surface area contributed by atoms with E-state index in [1.165, 1.54) is 6.08 Å². The highest BCUT2D eigenvalue weighted by molar-refractivity contribution is 6.12. The number of benzene rings is 1. The molecule has 1 aromatic carbocycles. The number of nitrogens with one attached hydrogen (secondary N) is 3. The lowest BCUT2D eigenvalue weighted by Gasteiger charge is -2.33. The van der Waals surface area contributed by atoms with Crippen molar-refractivity contribution in [1.29, 1.82) is 5.26 Å². The number of carbonyl (C=O) groups excluding carboxylic acids is 3. The van der Waals surface area contributed by atoms with Crippen LogP contribution in [0.15, 0.2) is 43.1 Å². The molecule has 0 spiro atoms. The number of aromatic amines is 1. The van der Waals surface area contributed by atoms with Crippen molar-refractivity contribution in [2.75, 3.05) is 11.5 Å². The molecule has 0 bridgehead atoms. The number of amides is 4. The molecular formula is C25H29N5O4. The fourth-order valence-corrected chi connectivity index (χ4v) is 4.46. The summed E-state index contributed by atoms with van der Waals surface area (Å²) in [5.41, 5.74) is 1.11. The number of nitrogens with zero attached hydrogens (tertiary/aromatic N) is 2. The Hall–Kier alpha value is -3.80. The van der Waals surface area contributed by atoms with E-state index in [-0.39, 0.29) is 18.4 Å². The van der Waals surface area contributed by atoms with Crippen molar-refractivity contribution in [3.63, 3.8) is 0 Å². The minimum absolute atomic E-state index is 0.0431. The van der Waals surface area contributed by atoms with Gasteiger partial charge in [0, 0.05) is 17.8 Å². The van der Waals surface area contributed by atoms with Gasteiger partial charge in [-0.25, -0.2) is 9.59 Å². The second-order valence-electron chi connectivity index (χ2n) is 8.85. The first-order valence-corrected chi connectivity index (χ1v) is 11.7. The van der Waals surface area contributed by atoms with Gasteiger partial charge in [0.2, 0.25) is 5.91 Å². The monoisotopic (exact) mass is 463 g/mol. The normalized spacial score (nSPS) is 20.6. The Morgan fingerprint density at radius 1 is 1.24 bits per heavy atom. The molecule has 3 N–H and O–H groups in total. The van der Waals surface area contributed by atoms with Crippen molar-refractivity contribution >= 4 is 34.6 Å². The van der Waals surface area contributed by atoms with Crippen molar-refractivity contribution < 1.29 is 19.1 Å². The van der Waals surface area contributed by atoms with E-state index in [0.29, 0.717) is 18.5 Å². The molecule has 9 heteroatoms. The lowest BCUT2D eigenvalue weighted by atomic mass is 9.83. The second kappa shape index (κ2) is 10.4. The van der Waals surface area contributed by atoms with Gasteiger partial charge in [0.05, 0.1) is 17.7 Å². The van der Waals surface area contributed by atoms with Crippen LogP contribution in [0.5, 0.6) is 0 Å². The van der Waals surface area contributed by atoms with E-state index in [1.807, 2.05) is 6.07 Å². The largest absolute Gasteiger partial charge is 0.445 e. The third-order valence-electron chi connectivity index (χ3n) is 6.45. The van der Waals surface area contributed by atoms with Crippen molar-refractivity contribution in [3.8, 4) is 6.07 Å². The van der Waals surface area contributed by atoms with Crippen LogP contribution in [-0.2, 0) is 9.53 Å². The minimum atomic E-state index is -0.835. The average Bonchev–Trinajstić information content (AvgIpc) is 3.58. The smallest absolute Gasteiger partial charge is 0.423 e. The van der Waals surface area contributed by atoms with E-state index in [9.17, 15) is 19.6 Å². The van der Waals surface area contributed by atoms with Crippen LogP contribution in [0, 0.1) is 23.2 Å². The van der Waals surface area contributed by atoms with Gasteiger partial charge >= 0.3 is 12.1 Å². The molecule has 2 saturated carbocycles. The highest BCUT2D eigenvalue weighted by Gasteiger charge is 2.38. The van der Waals surface area contributed by atoms with Crippen molar-refractivity contribution in [1.82, 2.24) is 15.6 Å². The van der Waals surface area contributed by atoms with E-state index in [4.69, 9.17) is 4.74 Å². The number of H-pyrrole nitrogens is 1. The van der Waals surface area contributed by atoms with Crippen molar-refractivity contribution in [2.45, 2.75) is 50.6 Å². The van der Waals surface area contributed by atoms with Gasteiger partial charge < -0.3 is 20.4 Å². The van der Waals surface area contributed by atoms with Crippen LogP contribution in [0.1, 0.15) is 38.5 Å². The number of urea groups is 1. The zero-order chi connectivity index (χ0) is 24.1. The Morgan fingerprint density at radius 3 is 2.76 bits per heavy atom. The Kier molecular flexibility index (Phi) is 7.16. The third-order valence-corrected chi connectivity index (χ3v) is 6.45. The molecule has 0 unspecified atom stereocenters. The number of nitriles is 1. The maximum Gasteiger partial charge on any atom is 0.423 e. The van der Waals surface area contributed by atoms with Gasteiger partial charge in [0.25, 0.3) is 0 Å². The molecule has 2 aliphatic carbocycles. The first-order chi connectivity index (χ1) is 16.5. The van der Waals surface area contributed by atoms with Crippen LogP contribution in [0.4, 0.5) is 15.3 Å². The number of hydrogen-bond acceptors (Lipinski definition) is 5. The van der Waals surface area contributed by atoms with Gasteiger partial charge in [-0.2, -0.15) is 10.2 Å². The molecule has 34 heavy (non-hydrogen) atoms. The molecule has 4 amide bonds. The summed E-state index contributed by atoms with van der Waals surface area (Å²) in [5, 5.41) is 16.1. The molecule has 0 saturated heterocycles. The van der Waals surface area contributed by atoms with E-state index in [0.717, 1.165) is 41.5 Å². The zero-order valence-corrected chi connectivity index (χ0v) is 19.0. The molecular weight excluding hydrogens is 434 g/mol. The molecule has 2 aliphatic rings. The van der Waals surface area contributed by atoms with Crippen LogP contribution in [0.2, 0.25) is 0 Å². The summed E-state index contributed by atoms with van der Waals surface area (Å²) in [6.07, 6.45) is 7.18. The Bertz CT molecular complexity index is 1120. The SMILES string of the molecule is C=CCOC(=O)N(C(=O)N[C@H]1CCCC[C@H]1C(=O)N[C@H](C#N)C1CC1)c1ccc2cc[nH]c2c1. The van der Waals surface area contributed by atoms with Crippen molar-refractivity contribution in [3.05, 3.63) is 43.1 Å². The highest BCUT2D eigenvalue weighted by Crippen LogP contribution is 2.33. The van der Waals surface area contributed by atoms with Gasteiger partial charge in [-0.15, -0.1) is 0 Å². The molecule has 4 rings (SSSR count). The Morgan fingerprint density at radius 2 is 2.03 bits per heavy atom. The minimum Gasteiger partial charge on any atom is -0.445 e. The number of ether oxygens (including phenoxy) is 1. The molecule has 2 fully saturated rings. The van der Waals surface area contributed by atoms with Crippen LogP contribution >= 0.6 is 0 Å². The fraction of sp³-hybridized carbons (Fsp3) is 0.440. The Balaban J connectivity index is 1.52. The second-order valence-corrected chi connectivity index (χ2v) is 8.85. The van der Waals surface area contributed by atoms with Gasteiger partial charge in [-0.1, -0.05) is 31.6 Å². The molecule has 1 aromatic heterocycles. The lowest BCUT2D eigenvalue weighted by molar-refractivity contribution is -0.127. The number of hydrogen-bond donors (Lipinski definition) is 3. The number of carbonyl (C=O) groups is 3. The average molecular weight is 464 g/mol. The maximum absolute atomic E-state index is 13.3. The molecule has 0 aliphatic heterocycles. The molecule has 178 valence electrons. The van der Waals surface area contributed by atoms with Gasteiger partial charge in [-0.05, 0) is 55.2 Å². The summed E-state index contributed by atoms with van der Waals surface area (Å²) in [5.74, 6) is -0.482. The van der Waals surface area contributed by atoms with E-state index < -0.39 is 30.1 Å². The fourth-order valence-electron chi connectivity index (χ4n) is 4.46. The Labute approximate surface area is 198 Å². The third kappa shape index (κ3) is 5.22. The van der Waals surface area contributed by atoms with Crippen LogP contribution in [-0.4, -0.2) is 41.7 Å². The van der Waals surface area contributed by atoms with Crippen LogP contribution in [0.25, 0.3) is 10.9 Å². The van der Waals surface area contributed by atoms with Crippen molar-refractivity contribution in [2.24, 2.45) is 11.8 Å². The summed E-state index contributed by atoms with van der Waals surface area (Å²) in [7, 11) is 0. The first-order valence-electron chi connectivity index (χ1n) is 11.7. The number of aromatic nitrogens is 1. The number of fused-ring (bicyclic) bond motifs is 1. The topological polar surface area (TPSA) is 127 Å². The summed E-state index contributed by atoms with van der Waals surface area (Å²) in [6.45, 7) is 3.50. The van der Waals surface area contributed by atoms with E-state index in [1.54, 1.807) is 24.4 Å². The summed E-state index contributed by atoms with van der Waals surface area (Å²) in [6, 6.07) is 7.62. The molecule has 2 aromatic rings. The number of anilines is 1. The molecule has 0 radical (unpaired) electrons. The van der Waals surface area contributed by atoms with Crippen LogP contribution in [0.3, 0.4) is 0 Å². The highest BCUT2D eigenvalue weighted by atomic mass is 16.6. The molecule has 1 heterocycles. The molecule has 9 nitrogen and oxygen atoms in total. The maximum atomic E-state index is 13.3. The summed E-state index contributed by atoms with van der Waals surface area (Å²) in [4.78, 5) is 43.2. The van der Waals surface area contributed by atoms with Gasteiger partial charge in [-0.3, -0.25) is 4.79 Å². The summed E-state index contributed by atoms with van der Waals surface area (Å²) < 4.78 is 5.17. The lowest BCUT2D eigenvalue weighted by Crippen LogP contribution is -2.54.